The summed E-state index contributed by atoms with van der Waals surface area (Å²) in [6, 6.07) is 11.0. The fourth-order valence-corrected chi connectivity index (χ4v) is 3.84. The van der Waals surface area contributed by atoms with Gasteiger partial charge in [-0.25, -0.2) is 9.07 Å². The first-order valence-electron chi connectivity index (χ1n) is 7.95. The van der Waals surface area contributed by atoms with Gasteiger partial charge >= 0.3 is 0 Å². The molecular weight excluding hydrogens is 407 g/mol. The highest BCUT2D eigenvalue weighted by molar-refractivity contribution is 9.10. The highest BCUT2D eigenvalue weighted by Gasteiger charge is 2.26. The Bertz CT molecular complexity index is 956. The molecule has 4 rings (SSSR count). The highest BCUT2D eigenvalue weighted by Crippen LogP contribution is 2.38. The molecule has 0 aliphatic carbocycles. The van der Waals surface area contributed by atoms with Crippen LogP contribution in [-0.2, 0) is 6.54 Å². The second kappa shape index (κ2) is 6.42. The minimum Gasteiger partial charge on any atom is -0.376 e. The SMILES string of the molecule is Cc1nnn2c1-c1ccc(Br)cc1C(Nc1cccc(Cl)c1F)CC2. The van der Waals surface area contributed by atoms with E-state index in [1.54, 1.807) is 18.2 Å². The first kappa shape index (κ1) is 16.5. The number of benzene rings is 2. The molecule has 4 nitrogen and oxygen atoms in total. The van der Waals surface area contributed by atoms with Gasteiger partial charge in [0.15, 0.2) is 5.82 Å². The second-order valence-corrected chi connectivity index (χ2v) is 7.39. The predicted molar refractivity (Wildman–Crippen MR) is 100 cm³/mol. The lowest BCUT2D eigenvalue weighted by Crippen LogP contribution is -2.13. The molecule has 0 amide bonds. The molecule has 1 unspecified atom stereocenters. The number of hydrogen-bond donors (Lipinski definition) is 1. The number of nitrogens with zero attached hydrogens (tertiary/aromatic N) is 3. The van der Waals surface area contributed by atoms with Crippen molar-refractivity contribution < 1.29 is 4.39 Å². The molecule has 0 spiro atoms. The normalized spacial score (nSPS) is 16.1. The summed E-state index contributed by atoms with van der Waals surface area (Å²) in [6.07, 6.45) is 0.755. The van der Waals surface area contributed by atoms with Crippen molar-refractivity contribution in [1.82, 2.24) is 15.0 Å². The molecule has 0 saturated carbocycles. The zero-order valence-electron chi connectivity index (χ0n) is 13.4. The maximum absolute atomic E-state index is 14.3. The molecule has 2 aromatic carbocycles. The van der Waals surface area contributed by atoms with Gasteiger partial charge in [-0.05, 0) is 43.2 Å². The summed E-state index contributed by atoms with van der Waals surface area (Å²) >= 11 is 9.46. The van der Waals surface area contributed by atoms with Gasteiger partial charge in [0.2, 0.25) is 0 Å². The van der Waals surface area contributed by atoms with E-state index in [4.69, 9.17) is 11.6 Å². The van der Waals surface area contributed by atoms with Crippen LogP contribution in [0.25, 0.3) is 11.3 Å². The first-order valence-corrected chi connectivity index (χ1v) is 9.12. The minimum atomic E-state index is -0.430. The maximum atomic E-state index is 14.3. The minimum absolute atomic E-state index is 0.0680. The Balaban J connectivity index is 1.81. The topological polar surface area (TPSA) is 42.7 Å². The Morgan fingerprint density at radius 1 is 1.32 bits per heavy atom. The summed E-state index contributed by atoms with van der Waals surface area (Å²) in [6.45, 7) is 2.65. The standard InChI is InChI=1S/C18H15BrClFN4/c1-10-18-12-6-5-11(19)9-13(12)15(7-8-25(18)24-23-10)22-16-4-2-3-14(20)17(16)21/h2-6,9,15,22H,7-8H2,1H3. The Labute approximate surface area is 158 Å². The lowest BCUT2D eigenvalue weighted by Gasteiger charge is -2.21. The van der Waals surface area contributed by atoms with Gasteiger partial charge in [-0.2, -0.15) is 0 Å². The van der Waals surface area contributed by atoms with Gasteiger partial charge in [-0.15, -0.1) is 5.10 Å². The molecule has 2 heterocycles. The van der Waals surface area contributed by atoms with E-state index in [2.05, 4.69) is 43.7 Å². The Morgan fingerprint density at radius 2 is 2.16 bits per heavy atom. The Morgan fingerprint density at radius 3 is 3.00 bits per heavy atom. The largest absolute Gasteiger partial charge is 0.376 e. The van der Waals surface area contributed by atoms with Crippen LogP contribution in [0.1, 0.15) is 23.7 Å². The van der Waals surface area contributed by atoms with E-state index in [0.717, 1.165) is 33.4 Å². The molecule has 0 fully saturated rings. The smallest absolute Gasteiger partial charge is 0.164 e. The summed E-state index contributed by atoms with van der Waals surface area (Å²) < 4.78 is 17.2. The molecule has 1 aliphatic heterocycles. The van der Waals surface area contributed by atoms with Crippen LogP contribution in [0.15, 0.2) is 40.9 Å². The quantitative estimate of drug-likeness (QED) is 0.605. The van der Waals surface area contributed by atoms with Crippen LogP contribution in [0.5, 0.6) is 0 Å². The third-order valence-corrected chi connectivity index (χ3v) is 5.24. The van der Waals surface area contributed by atoms with Crippen LogP contribution in [0, 0.1) is 12.7 Å². The fraction of sp³-hybridized carbons (Fsp3) is 0.222. The van der Waals surface area contributed by atoms with Crippen LogP contribution < -0.4 is 5.32 Å². The van der Waals surface area contributed by atoms with Crippen molar-refractivity contribution >= 4 is 33.2 Å². The van der Waals surface area contributed by atoms with E-state index in [1.165, 1.54) is 0 Å². The molecule has 0 bridgehead atoms. The van der Waals surface area contributed by atoms with Crippen molar-refractivity contribution in [3.8, 4) is 11.3 Å². The zero-order chi connectivity index (χ0) is 17.6. The molecular formula is C18H15BrClFN4. The number of fused-ring (bicyclic) bond motifs is 3. The number of aromatic nitrogens is 3. The maximum Gasteiger partial charge on any atom is 0.164 e. The number of hydrogen-bond acceptors (Lipinski definition) is 3. The van der Waals surface area contributed by atoms with Crippen LogP contribution in [0.3, 0.4) is 0 Å². The third kappa shape index (κ3) is 2.93. The molecule has 1 aromatic heterocycles. The van der Waals surface area contributed by atoms with Gasteiger partial charge in [0.05, 0.1) is 28.1 Å². The average Bonchev–Trinajstić information content (AvgIpc) is 2.88. The number of aryl methyl sites for hydroxylation is 2. The van der Waals surface area contributed by atoms with Crippen molar-refractivity contribution in [2.75, 3.05) is 5.32 Å². The van der Waals surface area contributed by atoms with Crippen molar-refractivity contribution in [2.24, 2.45) is 0 Å². The highest BCUT2D eigenvalue weighted by atomic mass is 79.9. The molecule has 7 heteroatoms. The van der Waals surface area contributed by atoms with Gasteiger partial charge < -0.3 is 5.32 Å². The zero-order valence-corrected chi connectivity index (χ0v) is 15.8. The molecule has 25 heavy (non-hydrogen) atoms. The lowest BCUT2D eigenvalue weighted by molar-refractivity contribution is 0.536. The van der Waals surface area contributed by atoms with Crippen molar-refractivity contribution in [1.29, 1.82) is 0 Å². The van der Waals surface area contributed by atoms with Crippen LogP contribution in [0.4, 0.5) is 10.1 Å². The molecule has 1 atom stereocenters. The molecule has 0 radical (unpaired) electrons. The Hall–Kier alpha value is -1.92. The van der Waals surface area contributed by atoms with Crippen molar-refractivity contribution in [2.45, 2.75) is 25.9 Å². The summed E-state index contributed by atoms with van der Waals surface area (Å²) in [7, 11) is 0. The van der Waals surface area contributed by atoms with Gasteiger partial charge in [0.1, 0.15) is 0 Å². The van der Waals surface area contributed by atoms with E-state index in [9.17, 15) is 4.39 Å². The summed E-state index contributed by atoms with van der Waals surface area (Å²) in [5.41, 5.74) is 4.44. The molecule has 3 aromatic rings. The van der Waals surface area contributed by atoms with Crippen molar-refractivity contribution in [3.05, 3.63) is 63.0 Å². The summed E-state index contributed by atoms with van der Waals surface area (Å²) in [5.74, 6) is -0.430. The predicted octanol–water partition coefficient (Wildman–Crippen LogP) is 5.37. The van der Waals surface area contributed by atoms with E-state index in [1.807, 2.05) is 17.7 Å². The summed E-state index contributed by atoms with van der Waals surface area (Å²) in [5, 5.41) is 11.9. The second-order valence-electron chi connectivity index (χ2n) is 6.07. The van der Waals surface area contributed by atoms with Crippen molar-refractivity contribution in [3.63, 3.8) is 0 Å². The Kier molecular flexibility index (Phi) is 4.25. The summed E-state index contributed by atoms with van der Waals surface area (Å²) in [4.78, 5) is 0. The van der Waals surface area contributed by atoms with E-state index >= 15 is 0 Å². The molecule has 1 N–H and O–H groups in total. The number of nitrogens with one attached hydrogen (secondary N) is 1. The third-order valence-electron chi connectivity index (χ3n) is 4.46. The monoisotopic (exact) mass is 420 g/mol. The van der Waals surface area contributed by atoms with Gasteiger partial charge in [-0.3, -0.25) is 0 Å². The average molecular weight is 422 g/mol. The molecule has 1 aliphatic rings. The first-order chi connectivity index (χ1) is 12.0. The molecule has 128 valence electrons. The van der Waals surface area contributed by atoms with Gasteiger partial charge in [0, 0.05) is 16.6 Å². The van der Waals surface area contributed by atoms with E-state index in [0.29, 0.717) is 12.2 Å². The van der Waals surface area contributed by atoms with Crippen LogP contribution in [-0.4, -0.2) is 15.0 Å². The lowest BCUT2D eigenvalue weighted by atomic mass is 9.96. The van der Waals surface area contributed by atoms with Gasteiger partial charge in [-0.1, -0.05) is 44.9 Å². The van der Waals surface area contributed by atoms with Crippen LogP contribution in [0.2, 0.25) is 5.02 Å². The van der Waals surface area contributed by atoms with Crippen LogP contribution >= 0.6 is 27.5 Å². The number of anilines is 1. The van der Waals surface area contributed by atoms with E-state index < -0.39 is 5.82 Å². The fourth-order valence-electron chi connectivity index (χ4n) is 3.29. The van der Waals surface area contributed by atoms with E-state index in [-0.39, 0.29) is 11.1 Å². The molecule has 0 saturated heterocycles. The van der Waals surface area contributed by atoms with Gasteiger partial charge in [0.25, 0.3) is 0 Å². The number of rotatable bonds is 2. The number of halogens is 3.